The van der Waals surface area contributed by atoms with Gasteiger partial charge in [-0.1, -0.05) is 36.4 Å². The van der Waals surface area contributed by atoms with Crippen molar-refractivity contribution in [2.45, 2.75) is 18.4 Å². The van der Waals surface area contributed by atoms with Gasteiger partial charge in [-0.15, -0.1) is 0 Å². The molecule has 4 rings (SSSR count). The summed E-state index contributed by atoms with van der Waals surface area (Å²) in [6.45, 7) is 2.77. The van der Waals surface area contributed by atoms with Crippen molar-refractivity contribution in [2.75, 3.05) is 13.1 Å². The van der Waals surface area contributed by atoms with Crippen molar-refractivity contribution < 1.29 is 0 Å². The lowest BCUT2D eigenvalue weighted by Gasteiger charge is -2.47. The first-order valence-corrected chi connectivity index (χ1v) is 7.26. The van der Waals surface area contributed by atoms with E-state index in [1.165, 1.54) is 11.3 Å². The van der Waals surface area contributed by atoms with Gasteiger partial charge in [0, 0.05) is 30.3 Å². The minimum Gasteiger partial charge on any atom is -0.315 e. The second-order valence-corrected chi connectivity index (χ2v) is 6.01. The lowest BCUT2D eigenvalue weighted by atomic mass is 9.67. The average molecular weight is 266 g/mol. The molecule has 0 radical (unpaired) electrons. The van der Waals surface area contributed by atoms with Gasteiger partial charge in [0.25, 0.3) is 5.56 Å². The highest BCUT2D eigenvalue weighted by Gasteiger charge is 2.44. The van der Waals surface area contributed by atoms with Crippen LogP contribution in [0.1, 0.15) is 17.7 Å². The van der Waals surface area contributed by atoms with E-state index in [2.05, 4.69) is 41.7 Å². The van der Waals surface area contributed by atoms with Crippen molar-refractivity contribution in [1.82, 2.24) is 9.88 Å². The molecule has 2 atom stereocenters. The van der Waals surface area contributed by atoms with Crippen LogP contribution in [0.4, 0.5) is 0 Å². The van der Waals surface area contributed by atoms with Gasteiger partial charge in [-0.3, -0.25) is 4.79 Å². The first kappa shape index (κ1) is 11.9. The van der Waals surface area contributed by atoms with Gasteiger partial charge in [0.05, 0.1) is 0 Å². The first-order chi connectivity index (χ1) is 9.79. The van der Waals surface area contributed by atoms with Gasteiger partial charge in [0.2, 0.25) is 0 Å². The van der Waals surface area contributed by atoms with Gasteiger partial charge in [0.15, 0.2) is 0 Å². The summed E-state index contributed by atoms with van der Waals surface area (Å²) in [5.41, 5.74) is 2.56. The van der Waals surface area contributed by atoms with Crippen molar-refractivity contribution in [3.63, 3.8) is 0 Å². The van der Waals surface area contributed by atoms with Gasteiger partial charge in [-0.05, 0) is 30.5 Å². The monoisotopic (exact) mass is 266 g/mol. The molecule has 1 saturated heterocycles. The second-order valence-electron chi connectivity index (χ2n) is 6.01. The minimum absolute atomic E-state index is 0.0527. The number of nitrogens with zero attached hydrogens (tertiary/aromatic N) is 1. The van der Waals surface area contributed by atoms with Crippen LogP contribution in [0.3, 0.4) is 0 Å². The van der Waals surface area contributed by atoms with E-state index < -0.39 is 0 Å². The molecule has 2 aliphatic rings. The standard InChI is InChI=1S/C17H18N2O/c20-16-8-4-7-15-17(14-5-2-1-3-6-14)9-13(10-18-12-17)11-19(15)16/h1-8,13,18H,9-12H2. The highest BCUT2D eigenvalue weighted by atomic mass is 16.1. The Morgan fingerprint density at radius 2 is 1.95 bits per heavy atom. The van der Waals surface area contributed by atoms with Crippen molar-refractivity contribution in [3.8, 4) is 0 Å². The molecule has 1 aromatic carbocycles. The lowest BCUT2D eigenvalue weighted by Crippen LogP contribution is -2.55. The summed E-state index contributed by atoms with van der Waals surface area (Å²) in [7, 11) is 0. The van der Waals surface area contributed by atoms with E-state index in [1.54, 1.807) is 6.07 Å². The third-order valence-electron chi connectivity index (χ3n) is 4.80. The normalized spacial score (nSPS) is 27.9. The van der Waals surface area contributed by atoms with E-state index in [-0.39, 0.29) is 11.0 Å². The number of aromatic nitrogens is 1. The van der Waals surface area contributed by atoms with E-state index in [4.69, 9.17) is 0 Å². The molecule has 3 heterocycles. The maximum absolute atomic E-state index is 12.2. The van der Waals surface area contributed by atoms with Crippen LogP contribution in [-0.2, 0) is 12.0 Å². The first-order valence-electron chi connectivity index (χ1n) is 7.26. The van der Waals surface area contributed by atoms with Gasteiger partial charge in [0.1, 0.15) is 0 Å². The number of nitrogens with one attached hydrogen (secondary N) is 1. The maximum Gasteiger partial charge on any atom is 0.250 e. The quantitative estimate of drug-likeness (QED) is 0.853. The molecule has 0 amide bonds. The molecule has 102 valence electrons. The topological polar surface area (TPSA) is 34.0 Å². The highest BCUT2D eigenvalue weighted by molar-refractivity contribution is 5.39. The summed E-state index contributed by atoms with van der Waals surface area (Å²) in [6.07, 6.45) is 1.13. The molecule has 1 aromatic heterocycles. The molecule has 3 nitrogen and oxygen atoms in total. The van der Waals surface area contributed by atoms with Crippen LogP contribution in [0, 0.1) is 5.92 Å². The summed E-state index contributed by atoms with van der Waals surface area (Å²) in [5, 5.41) is 3.57. The van der Waals surface area contributed by atoms with Gasteiger partial charge < -0.3 is 9.88 Å². The molecule has 2 bridgehead atoms. The van der Waals surface area contributed by atoms with Crippen molar-refractivity contribution in [1.29, 1.82) is 0 Å². The van der Waals surface area contributed by atoms with Crippen LogP contribution >= 0.6 is 0 Å². The van der Waals surface area contributed by atoms with Crippen molar-refractivity contribution in [2.24, 2.45) is 5.92 Å². The molecule has 0 aliphatic carbocycles. The number of hydrogen-bond donors (Lipinski definition) is 1. The minimum atomic E-state index is -0.0527. The van der Waals surface area contributed by atoms with Crippen molar-refractivity contribution >= 4 is 0 Å². The molecule has 2 unspecified atom stereocenters. The highest BCUT2D eigenvalue weighted by Crippen LogP contribution is 2.42. The number of pyridine rings is 1. The average Bonchev–Trinajstić information content (AvgIpc) is 2.50. The number of fused-ring (bicyclic) bond motifs is 4. The Morgan fingerprint density at radius 3 is 2.80 bits per heavy atom. The Labute approximate surface area is 118 Å². The molecule has 1 fully saturated rings. The van der Waals surface area contributed by atoms with E-state index in [9.17, 15) is 4.79 Å². The Morgan fingerprint density at radius 1 is 1.10 bits per heavy atom. The largest absolute Gasteiger partial charge is 0.315 e. The zero-order chi connectivity index (χ0) is 13.6. The molecule has 0 spiro atoms. The van der Waals surface area contributed by atoms with Crippen LogP contribution < -0.4 is 10.9 Å². The third-order valence-corrected chi connectivity index (χ3v) is 4.80. The van der Waals surface area contributed by atoms with Gasteiger partial charge in [-0.25, -0.2) is 0 Å². The predicted octanol–water partition coefficient (Wildman–Crippen LogP) is 1.76. The van der Waals surface area contributed by atoms with Crippen LogP contribution in [0.2, 0.25) is 0 Å². The fraction of sp³-hybridized carbons (Fsp3) is 0.353. The van der Waals surface area contributed by atoms with Crippen molar-refractivity contribution in [3.05, 3.63) is 70.1 Å². The van der Waals surface area contributed by atoms with Crippen LogP contribution in [-0.4, -0.2) is 17.7 Å². The predicted molar refractivity (Wildman–Crippen MR) is 78.9 cm³/mol. The second kappa shape index (κ2) is 4.32. The maximum atomic E-state index is 12.2. The lowest BCUT2D eigenvalue weighted by molar-refractivity contribution is 0.202. The van der Waals surface area contributed by atoms with E-state index >= 15 is 0 Å². The zero-order valence-electron chi connectivity index (χ0n) is 11.4. The molecule has 0 saturated carbocycles. The van der Waals surface area contributed by atoms with E-state index in [0.29, 0.717) is 5.92 Å². The molecule has 1 N–H and O–H groups in total. The number of rotatable bonds is 1. The molecule has 3 heteroatoms. The number of benzene rings is 1. The summed E-state index contributed by atoms with van der Waals surface area (Å²) >= 11 is 0. The Balaban J connectivity index is 1.99. The SMILES string of the molecule is O=c1cccc2n1CC1CNCC2(c2ccccc2)C1. The number of piperidine rings is 1. The molecular weight excluding hydrogens is 248 g/mol. The summed E-state index contributed by atoms with van der Waals surface area (Å²) in [4.78, 5) is 12.2. The molecular formula is C17H18N2O. The van der Waals surface area contributed by atoms with Crippen LogP contribution in [0.25, 0.3) is 0 Å². The fourth-order valence-electron chi connectivity index (χ4n) is 3.96. The summed E-state index contributed by atoms with van der Waals surface area (Å²) < 4.78 is 1.99. The summed E-state index contributed by atoms with van der Waals surface area (Å²) in [5.74, 6) is 0.538. The molecule has 2 aliphatic heterocycles. The third kappa shape index (κ3) is 1.59. The van der Waals surface area contributed by atoms with Gasteiger partial charge >= 0.3 is 0 Å². The molecule has 20 heavy (non-hydrogen) atoms. The van der Waals surface area contributed by atoms with Crippen LogP contribution in [0.5, 0.6) is 0 Å². The van der Waals surface area contributed by atoms with Gasteiger partial charge in [-0.2, -0.15) is 0 Å². The van der Waals surface area contributed by atoms with Crippen LogP contribution in [0.15, 0.2) is 53.3 Å². The number of hydrogen-bond acceptors (Lipinski definition) is 2. The summed E-state index contributed by atoms with van der Waals surface area (Å²) in [6, 6.07) is 16.3. The smallest absolute Gasteiger partial charge is 0.250 e. The van der Waals surface area contributed by atoms with E-state index in [1.807, 2.05) is 10.6 Å². The fourth-order valence-corrected chi connectivity index (χ4v) is 3.96. The Kier molecular flexibility index (Phi) is 2.57. The molecule has 2 aromatic rings. The zero-order valence-corrected chi connectivity index (χ0v) is 11.4. The van der Waals surface area contributed by atoms with E-state index in [0.717, 1.165) is 26.1 Å². The Hall–Kier alpha value is -1.87. The Bertz CT molecular complexity index is 692.